The maximum absolute atomic E-state index is 10.6. The van der Waals surface area contributed by atoms with Gasteiger partial charge in [-0.05, 0) is 44.2 Å². The summed E-state index contributed by atoms with van der Waals surface area (Å²) in [5.74, 6) is -0.661. The van der Waals surface area contributed by atoms with Gasteiger partial charge in [-0.3, -0.25) is 4.79 Å². The predicted octanol–water partition coefficient (Wildman–Crippen LogP) is 3.14. The summed E-state index contributed by atoms with van der Waals surface area (Å²) in [5.41, 5.74) is 0.370. The predicted molar refractivity (Wildman–Crippen MR) is 70.2 cm³/mol. The molecule has 0 amide bonds. The lowest BCUT2D eigenvalue weighted by Crippen LogP contribution is -2.41. The molecule has 3 heteroatoms. The minimum Gasteiger partial charge on any atom is -0.481 e. The van der Waals surface area contributed by atoms with Crippen LogP contribution in [0.25, 0.3) is 0 Å². The van der Waals surface area contributed by atoms with E-state index in [9.17, 15) is 4.79 Å². The van der Waals surface area contributed by atoms with Crippen molar-refractivity contribution < 1.29 is 9.90 Å². The first-order valence-electron chi connectivity index (χ1n) is 6.84. The molecule has 0 spiro atoms. The molecule has 0 saturated carbocycles. The zero-order valence-corrected chi connectivity index (χ0v) is 11.5. The highest BCUT2D eigenvalue weighted by atomic mass is 16.4. The van der Waals surface area contributed by atoms with Gasteiger partial charge in [0.15, 0.2) is 0 Å². The molecule has 100 valence electrons. The van der Waals surface area contributed by atoms with Gasteiger partial charge in [-0.25, -0.2) is 0 Å². The van der Waals surface area contributed by atoms with E-state index in [0.717, 1.165) is 19.5 Å². The zero-order valence-electron chi connectivity index (χ0n) is 11.5. The molecule has 0 aliphatic carbocycles. The van der Waals surface area contributed by atoms with Crippen molar-refractivity contribution in [1.82, 2.24) is 4.90 Å². The molecule has 1 atom stereocenters. The van der Waals surface area contributed by atoms with Crippen LogP contribution in [0.15, 0.2) is 0 Å². The molecule has 0 aromatic carbocycles. The molecule has 1 heterocycles. The standard InChI is InChI=1S/C14H27NO2/c1-14(2,3)9-11-15-10-5-4-6-12(15)7-8-13(16)17/h12H,4-11H2,1-3H3,(H,16,17). The molecule has 3 nitrogen and oxygen atoms in total. The molecule has 0 aromatic heterocycles. The van der Waals surface area contributed by atoms with Crippen LogP contribution >= 0.6 is 0 Å². The van der Waals surface area contributed by atoms with Crippen LogP contribution in [0.3, 0.4) is 0 Å². The number of carboxylic acids is 1. The van der Waals surface area contributed by atoms with Gasteiger partial charge in [0.05, 0.1) is 0 Å². The molecule has 1 saturated heterocycles. The summed E-state index contributed by atoms with van der Waals surface area (Å²) in [4.78, 5) is 13.2. The number of rotatable bonds is 5. The van der Waals surface area contributed by atoms with Crippen LogP contribution in [0, 0.1) is 5.41 Å². The summed E-state index contributed by atoms with van der Waals surface area (Å²) < 4.78 is 0. The van der Waals surface area contributed by atoms with Crippen LogP contribution in [-0.4, -0.2) is 35.1 Å². The first-order chi connectivity index (χ1) is 7.88. The van der Waals surface area contributed by atoms with E-state index in [0.29, 0.717) is 17.9 Å². The third-order valence-corrected chi connectivity index (χ3v) is 3.59. The first-order valence-corrected chi connectivity index (χ1v) is 6.84. The van der Waals surface area contributed by atoms with E-state index in [1.54, 1.807) is 0 Å². The largest absolute Gasteiger partial charge is 0.481 e. The van der Waals surface area contributed by atoms with Gasteiger partial charge in [-0.15, -0.1) is 0 Å². The number of likely N-dealkylation sites (tertiary alicyclic amines) is 1. The average Bonchev–Trinajstić information content (AvgIpc) is 2.23. The molecule has 1 N–H and O–H groups in total. The fourth-order valence-corrected chi connectivity index (χ4v) is 2.45. The van der Waals surface area contributed by atoms with Gasteiger partial charge in [0.25, 0.3) is 0 Å². The fraction of sp³-hybridized carbons (Fsp3) is 0.929. The molecular weight excluding hydrogens is 214 g/mol. The Morgan fingerprint density at radius 1 is 1.35 bits per heavy atom. The van der Waals surface area contributed by atoms with Crippen molar-refractivity contribution in [3.05, 3.63) is 0 Å². The molecule has 0 aromatic rings. The number of carbonyl (C=O) groups is 1. The van der Waals surface area contributed by atoms with Gasteiger partial charge in [-0.1, -0.05) is 27.2 Å². The lowest BCUT2D eigenvalue weighted by atomic mass is 9.90. The van der Waals surface area contributed by atoms with E-state index in [1.165, 1.54) is 25.7 Å². The maximum Gasteiger partial charge on any atom is 0.303 e. The minimum absolute atomic E-state index is 0.316. The number of piperidine rings is 1. The molecule has 1 aliphatic heterocycles. The third kappa shape index (κ3) is 6.06. The Hall–Kier alpha value is -0.570. The quantitative estimate of drug-likeness (QED) is 0.804. The second-order valence-corrected chi connectivity index (χ2v) is 6.43. The second kappa shape index (κ2) is 6.39. The lowest BCUT2D eigenvalue weighted by molar-refractivity contribution is -0.137. The van der Waals surface area contributed by atoms with Crippen molar-refractivity contribution in [2.24, 2.45) is 5.41 Å². The van der Waals surface area contributed by atoms with E-state index < -0.39 is 5.97 Å². The summed E-state index contributed by atoms with van der Waals surface area (Å²) in [6.07, 6.45) is 6.04. The van der Waals surface area contributed by atoms with Crippen LogP contribution in [0.4, 0.5) is 0 Å². The van der Waals surface area contributed by atoms with E-state index in [1.807, 2.05) is 0 Å². The van der Waals surface area contributed by atoms with Crippen molar-refractivity contribution in [2.75, 3.05) is 13.1 Å². The number of aliphatic carboxylic acids is 1. The van der Waals surface area contributed by atoms with E-state index in [2.05, 4.69) is 25.7 Å². The summed E-state index contributed by atoms with van der Waals surface area (Å²) in [6.45, 7) is 9.07. The number of nitrogens with zero attached hydrogens (tertiary/aromatic N) is 1. The summed E-state index contributed by atoms with van der Waals surface area (Å²) in [6, 6.07) is 0.502. The van der Waals surface area contributed by atoms with Crippen molar-refractivity contribution in [1.29, 1.82) is 0 Å². The van der Waals surface area contributed by atoms with Crippen LogP contribution < -0.4 is 0 Å². The molecule has 17 heavy (non-hydrogen) atoms. The number of hydrogen-bond acceptors (Lipinski definition) is 2. The SMILES string of the molecule is CC(C)(C)CCN1CCCCC1CCC(=O)O. The topological polar surface area (TPSA) is 40.5 Å². The van der Waals surface area contributed by atoms with E-state index in [4.69, 9.17) is 5.11 Å². The minimum atomic E-state index is -0.661. The summed E-state index contributed by atoms with van der Waals surface area (Å²) in [7, 11) is 0. The summed E-state index contributed by atoms with van der Waals surface area (Å²) >= 11 is 0. The normalized spacial score (nSPS) is 22.6. The fourth-order valence-electron chi connectivity index (χ4n) is 2.45. The Morgan fingerprint density at radius 2 is 2.06 bits per heavy atom. The molecular formula is C14H27NO2. The smallest absolute Gasteiger partial charge is 0.303 e. The van der Waals surface area contributed by atoms with E-state index >= 15 is 0 Å². The Labute approximate surface area is 105 Å². The summed E-state index contributed by atoms with van der Waals surface area (Å²) in [5, 5.41) is 8.77. The van der Waals surface area contributed by atoms with Gasteiger partial charge in [0, 0.05) is 12.5 Å². The molecule has 0 bridgehead atoms. The van der Waals surface area contributed by atoms with Crippen molar-refractivity contribution in [3.63, 3.8) is 0 Å². The highest BCUT2D eigenvalue weighted by molar-refractivity contribution is 5.66. The Kier molecular flexibility index (Phi) is 5.44. The number of hydrogen-bond donors (Lipinski definition) is 1. The average molecular weight is 241 g/mol. The van der Waals surface area contributed by atoms with Gasteiger partial charge in [-0.2, -0.15) is 0 Å². The monoisotopic (exact) mass is 241 g/mol. The Morgan fingerprint density at radius 3 is 2.65 bits per heavy atom. The molecule has 1 fully saturated rings. The van der Waals surface area contributed by atoms with Gasteiger partial charge in [0.2, 0.25) is 0 Å². The van der Waals surface area contributed by atoms with Gasteiger partial charge >= 0.3 is 5.97 Å². The number of carboxylic acid groups (broad SMARTS) is 1. The maximum atomic E-state index is 10.6. The molecule has 1 unspecified atom stereocenters. The van der Waals surface area contributed by atoms with Crippen LogP contribution in [-0.2, 0) is 4.79 Å². The van der Waals surface area contributed by atoms with Crippen molar-refractivity contribution in [3.8, 4) is 0 Å². The Bertz CT molecular complexity index is 245. The molecule has 0 radical (unpaired) electrons. The first kappa shape index (κ1) is 14.5. The van der Waals surface area contributed by atoms with E-state index in [-0.39, 0.29) is 0 Å². The van der Waals surface area contributed by atoms with Gasteiger partial charge in [0.1, 0.15) is 0 Å². The van der Waals surface area contributed by atoms with Crippen LogP contribution in [0.1, 0.15) is 59.3 Å². The third-order valence-electron chi connectivity index (χ3n) is 3.59. The zero-order chi connectivity index (χ0) is 12.9. The Balaban J connectivity index is 2.39. The highest BCUT2D eigenvalue weighted by Gasteiger charge is 2.24. The van der Waals surface area contributed by atoms with Gasteiger partial charge < -0.3 is 10.0 Å². The highest BCUT2D eigenvalue weighted by Crippen LogP contribution is 2.25. The molecule has 1 aliphatic rings. The van der Waals surface area contributed by atoms with Crippen molar-refractivity contribution in [2.45, 2.75) is 65.3 Å². The van der Waals surface area contributed by atoms with Crippen LogP contribution in [0.2, 0.25) is 0 Å². The van der Waals surface area contributed by atoms with Crippen LogP contribution in [0.5, 0.6) is 0 Å². The lowest BCUT2D eigenvalue weighted by Gasteiger charge is -2.37. The molecule has 1 rings (SSSR count). The van der Waals surface area contributed by atoms with Crippen molar-refractivity contribution >= 4 is 5.97 Å². The second-order valence-electron chi connectivity index (χ2n) is 6.43.